The van der Waals surface area contributed by atoms with Crippen LogP contribution in [0.3, 0.4) is 0 Å². The lowest BCUT2D eigenvalue weighted by molar-refractivity contribution is -0.123. The molecule has 0 saturated carbocycles. The number of ether oxygens (including phenoxy) is 3. The summed E-state index contributed by atoms with van der Waals surface area (Å²) in [6, 6.07) is 11.6. The fourth-order valence-electron chi connectivity index (χ4n) is 2.17. The zero-order valence-corrected chi connectivity index (χ0v) is 15.6. The molecule has 0 heterocycles. The van der Waals surface area contributed by atoms with E-state index in [2.05, 4.69) is 5.32 Å². The largest absolute Gasteiger partial charge is 0.494 e. The van der Waals surface area contributed by atoms with Crippen molar-refractivity contribution in [2.24, 2.45) is 5.73 Å². The van der Waals surface area contributed by atoms with Gasteiger partial charge in [-0.1, -0.05) is 11.6 Å². The number of nitrogens with one attached hydrogen (secondary N) is 1. The third kappa shape index (κ3) is 6.71. The second-order valence-electron chi connectivity index (χ2n) is 5.40. The molecule has 0 aliphatic heterocycles. The minimum Gasteiger partial charge on any atom is -0.494 e. The Hall–Kier alpha value is -2.93. The van der Waals surface area contributed by atoms with Gasteiger partial charge in [0.05, 0.1) is 18.7 Å². The monoisotopic (exact) mass is 392 g/mol. The maximum absolute atomic E-state index is 11.8. The first kappa shape index (κ1) is 20.4. The normalized spacial score (nSPS) is 10.1. The van der Waals surface area contributed by atoms with Gasteiger partial charge in [-0.2, -0.15) is 0 Å². The Morgan fingerprint density at radius 3 is 2.33 bits per heavy atom. The van der Waals surface area contributed by atoms with Crippen molar-refractivity contribution in [1.29, 1.82) is 0 Å². The minimum absolute atomic E-state index is 0.120. The van der Waals surface area contributed by atoms with Gasteiger partial charge < -0.3 is 25.3 Å². The number of carbonyl (C=O) groups excluding carboxylic acids is 2. The molecule has 0 aliphatic rings. The van der Waals surface area contributed by atoms with Gasteiger partial charge in [-0.05, 0) is 49.4 Å². The molecule has 0 aliphatic carbocycles. The fraction of sp³-hybridized carbons (Fsp3) is 0.263. The SMILES string of the molecule is CCOc1ccc(OCCNC(=O)COc2ccc(Cl)cc2C(N)=O)cc1. The molecule has 0 unspecified atom stereocenters. The molecule has 0 spiro atoms. The lowest BCUT2D eigenvalue weighted by atomic mass is 10.2. The van der Waals surface area contributed by atoms with Gasteiger partial charge in [0.25, 0.3) is 11.8 Å². The number of hydrogen-bond acceptors (Lipinski definition) is 5. The van der Waals surface area contributed by atoms with Crippen LogP contribution in [0.1, 0.15) is 17.3 Å². The lowest BCUT2D eigenvalue weighted by Crippen LogP contribution is -2.32. The Morgan fingerprint density at radius 1 is 1.04 bits per heavy atom. The van der Waals surface area contributed by atoms with Crippen LogP contribution in [0, 0.1) is 0 Å². The van der Waals surface area contributed by atoms with Gasteiger partial charge in [0, 0.05) is 5.02 Å². The highest BCUT2D eigenvalue weighted by atomic mass is 35.5. The predicted octanol–water partition coefficient (Wildman–Crippen LogP) is 2.41. The second kappa shape index (κ2) is 10.3. The molecule has 0 fully saturated rings. The molecule has 3 N–H and O–H groups in total. The van der Waals surface area contributed by atoms with Crippen LogP contribution < -0.4 is 25.3 Å². The highest BCUT2D eigenvalue weighted by molar-refractivity contribution is 6.31. The van der Waals surface area contributed by atoms with Crippen LogP contribution in [0.15, 0.2) is 42.5 Å². The molecule has 8 heteroatoms. The topological polar surface area (TPSA) is 99.9 Å². The molecular formula is C19H21ClN2O5. The summed E-state index contributed by atoms with van der Waals surface area (Å²) in [5.41, 5.74) is 5.39. The Kier molecular flexibility index (Phi) is 7.76. The summed E-state index contributed by atoms with van der Waals surface area (Å²) in [4.78, 5) is 23.2. The average Bonchev–Trinajstić information content (AvgIpc) is 2.65. The molecule has 2 aromatic rings. The summed E-state index contributed by atoms with van der Waals surface area (Å²) < 4.78 is 16.2. The number of benzene rings is 2. The van der Waals surface area contributed by atoms with E-state index in [1.165, 1.54) is 12.1 Å². The molecule has 0 bridgehead atoms. The molecule has 2 aromatic carbocycles. The van der Waals surface area contributed by atoms with Crippen LogP contribution in [0.25, 0.3) is 0 Å². The van der Waals surface area contributed by atoms with Crippen molar-refractivity contribution < 1.29 is 23.8 Å². The summed E-state index contributed by atoms with van der Waals surface area (Å²) in [6.07, 6.45) is 0. The number of amides is 2. The van der Waals surface area contributed by atoms with Gasteiger partial charge in [-0.15, -0.1) is 0 Å². The lowest BCUT2D eigenvalue weighted by Gasteiger charge is -2.11. The molecule has 0 radical (unpaired) electrons. The van der Waals surface area contributed by atoms with Crippen LogP contribution in [0.2, 0.25) is 5.02 Å². The van der Waals surface area contributed by atoms with Gasteiger partial charge in [0.15, 0.2) is 6.61 Å². The standard InChI is InChI=1S/C19H21ClN2O5/c1-2-25-14-4-6-15(7-5-14)26-10-9-22-18(23)12-27-17-8-3-13(20)11-16(17)19(21)24/h3-8,11H,2,9-10,12H2,1H3,(H2,21,24)(H,22,23). The Bertz CT molecular complexity index is 780. The molecule has 0 saturated heterocycles. The number of carbonyl (C=O) groups is 2. The number of hydrogen-bond donors (Lipinski definition) is 2. The molecule has 2 amide bonds. The first-order chi connectivity index (χ1) is 13.0. The second-order valence-corrected chi connectivity index (χ2v) is 5.83. The van der Waals surface area contributed by atoms with Gasteiger partial charge in [0.2, 0.25) is 0 Å². The molecule has 0 atom stereocenters. The van der Waals surface area contributed by atoms with E-state index in [1.54, 1.807) is 18.2 Å². The zero-order valence-electron chi connectivity index (χ0n) is 14.9. The number of nitrogens with two attached hydrogens (primary N) is 1. The Balaban J connectivity index is 1.71. The van der Waals surface area contributed by atoms with Crippen molar-refractivity contribution in [1.82, 2.24) is 5.32 Å². The van der Waals surface area contributed by atoms with E-state index >= 15 is 0 Å². The molecule has 144 valence electrons. The molecule has 27 heavy (non-hydrogen) atoms. The minimum atomic E-state index is -0.684. The Morgan fingerprint density at radius 2 is 1.70 bits per heavy atom. The van der Waals surface area contributed by atoms with Gasteiger partial charge in [-0.3, -0.25) is 9.59 Å². The van der Waals surface area contributed by atoms with Gasteiger partial charge in [0.1, 0.15) is 23.9 Å². The molecule has 2 rings (SSSR count). The van der Waals surface area contributed by atoms with Crippen LogP contribution in [0.5, 0.6) is 17.2 Å². The maximum Gasteiger partial charge on any atom is 0.258 e. The van der Waals surface area contributed by atoms with E-state index in [-0.39, 0.29) is 23.8 Å². The first-order valence-corrected chi connectivity index (χ1v) is 8.72. The van der Waals surface area contributed by atoms with Crippen molar-refractivity contribution in [2.75, 3.05) is 26.4 Å². The van der Waals surface area contributed by atoms with Gasteiger partial charge >= 0.3 is 0 Å². The van der Waals surface area contributed by atoms with Crippen LogP contribution >= 0.6 is 11.6 Å². The smallest absolute Gasteiger partial charge is 0.258 e. The van der Waals surface area contributed by atoms with E-state index in [0.29, 0.717) is 30.5 Å². The van der Waals surface area contributed by atoms with E-state index < -0.39 is 5.91 Å². The van der Waals surface area contributed by atoms with Crippen LogP contribution in [-0.2, 0) is 4.79 Å². The quantitative estimate of drug-likeness (QED) is 0.605. The van der Waals surface area contributed by atoms with Crippen molar-refractivity contribution >= 4 is 23.4 Å². The summed E-state index contributed by atoms with van der Waals surface area (Å²) in [5, 5.41) is 3.01. The zero-order chi connectivity index (χ0) is 19.6. The number of halogens is 1. The average molecular weight is 393 g/mol. The third-order valence-corrected chi connectivity index (χ3v) is 3.63. The van der Waals surface area contributed by atoms with Crippen molar-refractivity contribution in [3.63, 3.8) is 0 Å². The van der Waals surface area contributed by atoms with Gasteiger partial charge in [-0.25, -0.2) is 0 Å². The fourth-order valence-corrected chi connectivity index (χ4v) is 2.35. The Labute approximate surface area is 162 Å². The van der Waals surface area contributed by atoms with E-state index in [9.17, 15) is 9.59 Å². The highest BCUT2D eigenvalue weighted by Crippen LogP contribution is 2.22. The van der Waals surface area contributed by atoms with E-state index in [4.69, 9.17) is 31.5 Å². The molecule has 7 nitrogen and oxygen atoms in total. The number of primary amides is 1. The highest BCUT2D eigenvalue weighted by Gasteiger charge is 2.12. The van der Waals surface area contributed by atoms with Crippen LogP contribution in [0.4, 0.5) is 0 Å². The van der Waals surface area contributed by atoms with Crippen molar-refractivity contribution in [2.45, 2.75) is 6.92 Å². The van der Waals surface area contributed by atoms with Crippen LogP contribution in [-0.4, -0.2) is 38.2 Å². The molecular weight excluding hydrogens is 372 g/mol. The first-order valence-electron chi connectivity index (χ1n) is 8.34. The van der Waals surface area contributed by atoms with Crippen molar-refractivity contribution in [3.8, 4) is 17.2 Å². The summed E-state index contributed by atoms with van der Waals surface area (Å²) >= 11 is 5.82. The summed E-state index contributed by atoms with van der Waals surface area (Å²) in [6.45, 7) is 2.86. The third-order valence-electron chi connectivity index (χ3n) is 3.39. The summed E-state index contributed by atoms with van der Waals surface area (Å²) in [7, 11) is 0. The van der Waals surface area contributed by atoms with E-state index in [0.717, 1.165) is 5.75 Å². The van der Waals surface area contributed by atoms with Crippen molar-refractivity contribution in [3.05, 3.63) is 53.1 Å². The number of rotatable bonds is 10. The van der Waals surface area contributed by atoms with E-state index in [1.807, 2.05) is 19.1 Å². The maximum atomic E-state index is 11.8. The summed E-state index contributed by atoms with van der Waals surface area (Å²) in [5.74, 6) is 0.615. The molecule has 0 aromatic heterocycles. The predicted molar refractivity (Wildman–Crippen MR) is 102 cm³/mol.